The van der Waals surface area contributed by atoms with Crippen LogP contribution in [0.4, 0.5) is 0 Å². The Morgan fingerprint density at radius 2 is 1.82 bits per heavy atom. The lowest BCUT2D eigenvalue weighted by molar-refractivity contribution is 0.105. The average molecular weight is 385 g/mol. The van der Waals surface area contributed by atoms with Crippen LogP contribution in [-0.4, -0.2) is 15.6 Å². The van der Waals surface area contributed by atoms with Crippen molar-refractivity contribution in [2.45, 2.75) is 13.3 Å². The number of aryl methyl sites for hydroxylation is 1. The fourth-order valence-electron chi connectivity index (χ4n) is 3.01. The largest absolute Gasteiger partial charge is 0.288 e. The number of rotatable bonds is 6. The van der Waals surface area contributed by atoms with Crippen LogP contribution in [0.5, 0.6) is 0 Å². The number of ketones is 1. The average Bonchev–Trinajstić information content (AvgIpc) is 3.43. The Morgan fingerprint density at radius 3 is 2.50 bits per heavy atom. The Morgan fingerprint density at radius 1 is 1.04 bits per heavy atom. The van der Waals surface area contributed by atoms with E-state index in [9.17, 15) is 4.79 Å². The maximum absolute atomic E-state index is 12.4. The smallest absolute Gasteiger partial charge is 0.195 e. The molecule has 138 valence electrons. The SMILES string of the molecule is CCc1ccc(-c2nn(-c3ccccc3)cc2/C=C\C(=O)c2cccs2)cc1. The van der Waals surface area contributed by atoms with Gasteiger partial charge in [0.2, 0.25) is 0 Å². The van der Waals surface area contributed by atoms with Crippen molar-refractivity contribution in [3.05, 3.63) is 100 Å². The summed E-state index contributed by atoms with van der Waals surface area (Å²) in [6.45, 7) is 2.14. The third-order valence-corrected chi connectivity index (χ3v) is 5.46. The molecule has 0 aliphatic rings. The van der Waals surface area contributed by atoms with Gasteiger partial charge in [0.1, 0.15) is 0 Å². The molecule has 0 N–H and O–H groups in total. The van der Waals surface area contributed by atoms with Crippen LogP contribution in [0.3, 0.4) is 0 Å². The van der Waals surface area contributed by atoms with Crippen molar-refractivity contribution in [3.63, 3.8) is 0 Å². The van der Waals surface area contributed by atoms with Crippen molar-refractivity contribution < 1.29 is 4.79 Å². The summed E-state index contributed by atoms with van der Waals surface area (Å²) >= 11 is 1.45. The molecule has 2 aromatic carbocycles. The van der Waals surface area contributed by atoms with Crippen molar-refractivity contribution in [2.75, 3.05) is 0 Å². The first-order chi connectivity index (χ1) is 13.7. The van der Waals surface area contributed by atoms with Gasteiger partial charge in [0.15, 0.2) is 5.78 Å². The molecule has 0 unspecified atom stereocenters. The second-order valence-corrected chi connectivity index (χ2v) is 7.39. The topological polar surface area (TPSA) is 34.9 Å². The normalized spacial score (nSPS) is 11.2. The number of carbonyl (C=O) groups excluding carboxylic acids is 1. The summed E-state index contributed by atoms with van der Waals surface area (Å²) in [7, 11) is 0. The van der Waals surface area contributed by atoms with Crippen LogP contribution in [-0.2, 0) is 6.42 Å². The zero-order valence-electron chi connectivity index (χ0n) is 15.6. The van der Waals surface area contributed by atoms with Gasteiger partial charge in [0.25, 0.3) is 0 Å². The summed E-state index contributed by atoms with van der Waals surface area (Å²) in [5.41, 5.74) is 5.09. The summed E-state index contributed by atoms with van der Waals surface area (Å²) in [4.78, 5) is 13.1. The lowest BCUT2D eigenvalue weighted by Gasteiger charge is -2.02. The number of nitrogens with zero attached hydrogens (tertiary/aromatic N) is 2. The molecule has 4 heteroatoms. The molecule has 0 aliphatic carbocycles. The summed E-state index contributed by atoms with van der Waals surface area (Å²) in [6.07, 6.45) is 6.46. The minimum absolute atomic E-state index is 0.00902. The van der Waals surface area contributed by atoms with Crippen LogP contribution in [0.1, 0.15) is 27.7 Å². The number of hydrogen-bond donors (Lipinski definition) is 0. The molecule has 0 bridgehead atoms. The van der Waals surface area contributed by atoms with Gasteiger partial charge < -0.3 is 0 Å². The van der Waals surface area contributed by atoms with Gasteiger partial charge in [0.05, 0.1) is 16.3 Å². The molecular formula is C24H20N2OS. The Kier molecular flexibility index (Phi) is 5.31. The van der Waals surface area contributed by atoms with E-state index in [2.05, 4.69) is 31.2 Å². The van der Waals surface area contributed by atoms with E-state index in [1.54, 1.807) is 6.08 Å². The highest BCUT2D eigenvalue weighted by atomic mass is 32.1. The van der Waals surface area contributed by atoms with Gasteiger partial charge in [-0.15, -0.1) is 11.3 Å². The fourth-order valence-corrected chi connectivity index (χ4v) is 3.66. The lowest BCUT2D eigenvalue weighted by Crippen LogP contribution is -1.94. The molecule has 0 saturated heterocycles. The number of para-hydroxylation sites is 1. The molecule has 2 heterocycles. The van der Waals surface area contributed by atoms with Crippen molar-refractivity contribution in [3.8, 4) is 16.9 Å². The monoisotopic (exact) mass is 384 g/mol. The van der Waals surface area contributed by atoms with Crippen LogP contribution in [0, 0.1) is 0 Å². The van der Waals surface area contributed by atoms with Gasteiger partial charge >= 0.3 is 0 Å². The molecule has 28 heavy (non-hydrogen) atoms. The molecule has 0 amide bonds. The molecule has 0 atom stereocenters. The van der Waals surface area contributed by atoms with Crippen LogP contribution in [0.15, 0.2) is 84.4 Å². The summed E-state index contributed by atoms with van der Waals surface area (Å²) in [6, 6.07) is 22.2. The third kappa shape index (κ3) is 3.87. The Labute approximate surface area is 168 Å². The van der Waals surface area contributed by atoms with E-state index in [-0.39, 0.29) is 5.78 Å². The van der Waals surface area contributed by atoms with E-state index in [1.165, 1.54) is 16.9 Å². The van der Waals surface area contributed by atoms with Gasteiger partial charge in [-0.3, -0.25) is 4.79 Å². The lowest BCUT2D eigenvalue weighted by atomic mass is 10.0. The Balaban J connectivity index is 1.74. The maximum atomic E-state index is 12.4. The first kappa shape index (κ1) is 18.1. The minimum atomic E-state index is 0.00902. The van der Waals surface area contributed by atoms with Crippen LogP contribution < -0.4 is 0 Å². The second-order valence-electron chi connectivity index (χ2n) is 6.44. The van der Waals surface area contributed by atoms with Gasteiger partial charge in [-0.2, -0.15) is 5.10 Å². The quantitative estimate of drug-likeness (QED) is 0.299. The fraction of sp³-hybridized carbons (Fsp3) is 0.0833. The highest BCUT2D eigenvalue weighted by Crippen LogP contribution is 2.26. The first-order valence-corrected chi connectivity index (χ1v) is 10.1. The van der Waals surface area contributed by atoms with E-state index < -0.39 is 0 Å². The van der Waals surface area contributed by atoms with E-state index in [1.807, 2.05) is 64.8 Å². The molecule has 2 aromatic heterocycles. The molecule has 0 aliphatic heterocycles. The van der Waals surface area contributed by atoms with E-state index in [4.69, 9.17) is 5.10 Å². The van der Waals surface area contributed by atoms with Gasteiger partial charge in [-0.25, -0.2) is 4.68 Å². The number of benzene rings is 2. The van der Waals surface area contributed by atoms with Crippen LogP contribution in [0.2, 0.25) is 0 Å². The molecule has 0 spiro atoms. The molecule has 0 fully saturated rings. The molecule has 4 rings (SSSR count). The van der Waals surface area contributed by atoms with Crippen molar-refractivity contribution >= 4 is 23.2 Å². The van der Waals surface area contributed by atoms with Gasteiger partial charge in [-0.1, -0.05) is 55.5 Å². The number of thiophene rings is 1. The molecule has 0 saturated carbocycles. The first-order valence-electron chi connectivity index (χ1n) is 9.25. The highest BCUT2D eigenvalue weighted by Gasteiger charge is 2.11. The van der Waals surface area contributed by atoms with Gasteiger partial charge in [-0.05, 0) is 47.7 Å². The van der Waals surface area contributed by atoms with Crippen LogP contribution >= 0.6 is 11.3 Å². The number of allylic oxidation sites excluding steroid dienone is 1. The second kappa shape index (κ2) is 8.19. The summed E-state index contributed by atoms with van der Waals surface area (Å²) in [5, 5.41) is 6.72. The van der Waals surface area contributed by atoms with E-state index in [0.717, 1.165) is 33.8 Å². The van der Waals surface area contributed by atoms with E-state index >= 15 is 0 Å². The van der Waals surface area contributed by atoms with Crippen molar-refractivity contribution in [1.29, 1.82) is 0 Å². The number of aromatic nitrogens is 2. The molecular weight excluding hydrogens is 364 g/mol. The Bertz CT molecular complexity index is 1090. The summed E-state index contributed by atoms with van der Waals surface area (Å²) < 4.78 is 1.86. The molecule has 4 aromatic rings. The van der Waals surface area contributed by atoms with E-state index in [0.29, 0.717) is 0 Å². The van der Waals surface area contributed by atoms with Gasteiger partial charge in [0, 0.05) is 17.3 Å². The third-order valence-electron chi connectivity index (χ3n) is 4.58. The van der Waals surface area contributed by atoms with Crippen molar-refractivity contribution in [2.24, 2.45) is 0 Å². The summed E-state index contributed by atoms with van der Waals surface area (Å²) in [5.74, 6) is 0.00902. The molecule has 0 radical (unpaired) electrons. The van der Waals surface area contributed by atoms with Crippen molar-refractivity contribution in [1.82, 2.24) is 9.78 Å². The zero-order valence-corrected chi connectivity index (χ0v) is 16.4. The Hall–Kier alpha value is -3.24. The predicted octanol–water partition coefficient (Wildman–Crippen LogP) is 6.06. The predicted molar refractivity (Wildman–Crippen MR) is 116 cm³/mol. The highest BCUT2D eigenvalue weighted by molar-refractivity contribution is 7.12. The number of hydrogen-bond acceptors (Lipinski definition) is 3. The van der Waals surface area contributed by atoms with Crippen LogP contribution in [0.25, 0.3) is 23.0 Å². The molecule has 3 nitrogen and oxygen atoms in total. The minimum Gasteiger partial charge on any atom is -0.288 e. The number of carbonyl (C=O) groups is 1. The zero-order chi connectivity index (χ0) is 19.3. The maximum Gasteiger partial charge on any atom is 0.195 e. The standard InChI is InChI=1S/C24H20N2OS/c1-2-18-10-12-19(13-11-18)24-20(14-15-22(27)23-9-6-16-28-23)17-26(25-24)21-7-4-3-5-8-21/h3-17H,2H2,1H3/b15-14-.